The molecule has 0 bridgehead atoms. The fourth-order valence-corrected chi connectivity index (χ4v) is 5.36. The molecule has 48 heavy (non-hydrogen) atoms. The van der Waals surface area contributed by atoms with Gasteiger partial charge in [0.05, 0.1) is 31.7 Å². The van der Waals surface area contributed by atoms with Gasteiger partial charge in [0.2, 0.25) is 11.8 Å². The quantitative estimate of drug-likeness (QED) is 0.0667. The van der Waals surface area contributed by atoms with Crippen molar-refractivity contribution in [2.24, 2.45) is 11.8 Å². The van der Waals surface area contributed by atoms with Crippen molar-refractivity contribution in [3.63, 3.8) is 0 Å². The molecule has 14 heteroatoms. The first kappa shape index (κ1) is 42.8. The van der Waals surface area contributed by atoms with Crippen LogP contribution in [0.2, 0.25) is 0 Å². The third-order valence-corrected chi connectivity index (χ3v) is 8.53. The van der Waals surface area contributed by atoms with E-state index in [4.69, 9.17) is 9.47 Å². The molecular formula is C34H53N3O10S. The number of amides is 4. The van der Waals surface area contributed by atoms with Gasteiger partial charge >= 0.3 is 0 Å². The average Bonchev–Trinajstić information content (AvgIpc) is 3.35. The van der Waals surface area contributed by atoms with Crippen LogP contribution in [0.15, 0.2) is 12.2 Å². The van der Waals surface area contributed by atoms with Gasteiger partial charge in [-0.2, -0.15) is 0 Å². The van der Waals surface area contributed by atoms with E-state index < -0.39 is 35.6 Å². The Kier molecular flexibility index (Phi) is 22.1. The Labute approximate surface area is 288 Å². The van der Waals surface area contributed by atoms with E-state index in [1.54, 1.807) is 39.5 Å². The highest BCUT2D eigenvalue weighted by Crippen LogP contribution is 2.11. The van der Waals surface area contributed by atoms with E-state index in [9.17, 15) is 38.4 Å². The van der Waals surface area contributed by atoms with Crippen LogP contribution in [-0.2, 0) is 47.8 Å². The number of carbonyl (C=O) groups is 8. The lowest BCUT2D eigenvalue weighted by Gasteiger charge is -2.18. The molecule has 0 aromatic carbocycles. The number of hydrogen-bond donors (Lipinski definition) is 2. The molecule has 1 heterocycles. The minimum absolute atomic E-state index is 0.00439. The summed E-state index contributed by atoms with van der Waals surface area (Å²) in [5, 5.41) is 5.46. The Bertz CT molecular complexity index is 1120. The molecule has 0 aromatic rings. The van der Waals surface area contributed by atoms with Gasteiger partial charge in [0.15, 0.2) is 5.78 Å². The number of unbranched alkanes of at least 4 members (excludes halogenated alkanes) is 2. The molecule has 0 unspecified atom stereocenters. The van der Waals surface area contributed by atoms with Crippen molar-refractivity contribution in [3.05, 3.63) is 12.2 Å². The summed E-state index contributed by atoms with van der Waals surface area (Å²) in [6, 6.07) is -0.792. The third kappa shape index (κ3) is 19.6. The smallest absolute Gasteiger partial charge is 0.253 e. The van der Waals surface area contributed by atoms with E-state index in [1.165, 1.54) is 12.2 Å². The summed E-state index contributed by atoms with van der Waals surface area (Å²) in [6.45, 7) is 7.59. The predicted molar refractivity (Wildman–Crippen MR) is 181 cm³/mol. The number of rotatable bonds is 29. The number of nitrogens with zero attached hydrogens (tertiary/aromatic N) is 1. The number of Topliss-reactive ketones (excluding diaryl/α,β-unsaturated/α-hetero) is 4. The minimum atomic E-state index is -0.792. The standard InChI is InChI=1S/C34H53N3O10S/c1-24(34(45)36-27(4)30(41)22-25(2)33(44)35-23-48-20-7-5-6-9-26(3)38)21-29(40)14-17-47-19-18-46-16-8-10-28(39)13-15-37-31(42)11-12-32(37)43/h11-12,24-25,27H,5-10,13-23H2,1-4H3,(H,35,44)(H,36,45)/t24-,25-,27-/m1/s1. The number of ketones is 4. The largest absolute Gasteiger partial charge is 0.379 e. The Morgan fingerprint density at radius 3 is 2.04 bits per heavy atom. The minimum Gasteiger partial charge on any atom is -0.379 e. The summed E-state index contributed by atoms with van der Waals surface area (Å²) in [5.41, 5.74) is 0. The Hall–Kier alpha value is -3.23. The second kappa shape index (κ2) is 24.8. The van der Waals surface area contributed by atoms with Crippen molar-refractivity contribution in [3.8, 4) is 0 Å². The molecule has 0 fully saturated rings. The summed E-state index contributed by atoms with van der Waals surface area (Å²) in [5.74, 6) is -1.59. The van der Waals surface area contributed by atoms with E-state index in [2.05, 4.69) is 10.6 Å². The molecule has 2 N–H and O–H groups in total. The summed E-state index contributed by atoms with van der Waals surface area (Å²) in [6.07, 6.45) is 6.80. The molecule has 0 radical (unpaired) electrons. The fraction of sp³-hybridized carbons (Fsp3) is 0.706. The molecule has 1 rings (SSSR count). The van der Waals surface area contributed by atoms with Gasteiger partial charge in [0.25, 0.3) is 11.8 Å². The van der Waals surface area contributed by atoms with Gasteiger partial charge in [-0.3, -0.25) is 38.5 Å². The SMILES string of the molecule is CC(=O)CCCCCSCNC(=O)[C@H](C)CC(=O)[C@@H](C)NC(=O)[C@H](C)CC(=O)CCOCCOCCCC(=O)CCN1C(=O)C=CC1=O. The number of hydrogen-bond acceptors (Lipinski definition) is 11. The van der Waals surface area contributed by atoms with E-state index in [-0.39, 0.29) is 80.9 Å². The highest BCUT2D eigenvalue weighted by atomic mass is 32.2. The van der Waals surface area contributed by atoms with Gasteiger partial charge in [-0.05, 0) is 38.9 Å². The molecular weight excluding hydrogens is 642 g/mol. The monoisotopic (exact) mass is 695 g/mol. The van der Waals surface area contributed by atoms with Gasteiger partial charge in [0, 0.05) is 75.7 Å². The Morgan fingerprint density at radius 2 is 1.38 bits per heavy atom. The molecule has 1 aliphatic rings. The maximum absolute atomic E-state index is 12.6. The normalized spacial score (nSPS) is 14.5. The first-order chi connectivity index (χ1) is 22.8. The molecule has 3 atom stereocenters. The third-order valence-electron chi connectivity index (χ3n) is 7.60. The predicted octanol–water partition coefficient (Wildman–Crippen LogP) is 2.73. The molecule has 4 amide bonds. The molecule has 0 saturated carbocycles. The summed E-state index contributed by atoms with van der Waals surface area (Å²) >= 11 is 1.59. The van der Waals surface area contributed by atoms with Crippen molar-refractivity contribution in [1.29, 1.82) is 0 Å². The van der Waals surface area contributed by atoms with Crippen LogP contribution in [-0.4, -0.2) is 102 Å². The van der Waals surface area contributed by atoms with Crippen LogP contribution in [0, 0.1) is 11.8 Å². The molecule has 1 aliphatic heterocycles. The molecule has 0 aromatic heterocycles. The molecule has 13 nitrogen and oxygen atoms in total. The van der Waals surface area contributed by atoms with E-state index >= 15 is 0 Å². The Balaban J connectivity index is 2.08. The van der Waals surface area contributed by atoms with Crippen molar-refractivity contribution < 1.29 is 47.8 Å². The van der Waals surface area contributed by atoms with Crippen molar-refractivity contribution >= 4 is 58.5 Å². The van der Waals surface area contributed by atoms with Crippen molar-refractivity contribution in [1.82, 2.24) is 15.5 Å². The maximum atomic E-state index is 12.6. The first-order valence-corrected chi connectivity index (χ1v) is 17.9. The zero-order chi connectivity index (χ0) is 35.9. The number of carbonyl (C=O) groups excluding carboxylic acids is 8. The highest BCUT2D eigenvalue weighted by Gasteiger charge is 2.25. The zero-order valence-corrected chi connectivity index (χ0v) is 29.7. The maximum Gasteiger partial charge on any atom is 0.253 e. The second-order valence-corrected chi connectivity index (χ2v) is 13.2. The Morgan fingerprint density at radius 1 is 0.729 bits per heavy atom. The van der Waals surface area contributed by atoms with Crippen LogP contribution in [0.3, 0.4) is 0 Å². The fourth-order valence-electron chi connectivity index (χ4n) is 4.56. The lowest BCUT2D eigenvalue weighted by molar-refractivity contribution is -0.137. The van der Waals surface area contributed by atoms with E-state index in [0.717, 1.165) is 29.9 Å². The molecule has 0 spiro atoms. The summed E-state index contributed by atoms with van der Waals surface area (Å²) in [7, 11) is 0. The summed E-state index contributed by atoms with van der Waals surface area (Å²) in [4.78, 5) is 96.8. The van der Waals surface area contributed by atoms with Gasteiger partial charge in [-0.1, -0.05) is 20.3 Å². The van der Waals surface area contributed by atoms with Crippen LogP contribution in [0.4, 0.5) is 0 Å². The van der Waals surface area contributed by atoms with Crippen LogP contribution in [0.1, 0.15) is 91.9 Å². The molecule has 0 aliphatic carbocycles. The zero-order valence-electron chi connectivity index (χ0n) is 28.8. The second-order valence-electron chi connectivity index (χ2n) is 12.1. The number of thioether (sulfide) groups is 1. The topological polar surface area (TPSA) is 182 Å². The molecule has 0 saturated heterocycles. The van der Waals surface area contributed by atoms with Gasteiger partial charge in [-0.25, -0.2) is 0 Å². The van der Waals surface area contributed by atoms with Crippen LogP contribution in [0.25, 0.3) is 0 Å². The first-order valence-electron chi connectivity index (χ1n) is 16.7. The van der Waals surface area contributed by atoms with Gasteiger partial charge in [-0.15, -0.1) is 11.8 Å². The number of imide groups is 1. The van der Waals surface area contributed by atoms with Gasteiger partial charge in [0.1, 0.15) is 17.3 Å². The van der Waals surface area contributed by atoms with Crippen LogP contribution < -0.4 is 10.6 Å². The van der Waals surface area contributed by atoms with Crippen molar-refractivity contribution in [2.75, 3.05) is 44.6 Å². The van der Waals surface area contributed by atoms with Crippen LogP contribution >= 0.6 is 11.8 Å². The lowest BCUT2D eigenvalue weighted by atomic mass is 9.98. The summed E-state index contributed by atoms with van der Waals surface area (Å²) < 4.78 is 10.9. The lowest BCUT2D eigenvalue weighted by Crippen LogP contribution is -2.43. The van der Waals surface area contributed by atoms with Crippen molar-refractivity contribution in [2.45, 2.75) is 97.9 Å². The van der Waals surface area contributed by atoms with Crippen LogP contribution in [0.5, 0.6) is 0 Å². The highest BCUT2D eigenvalue weighted by molar-refractivity contribution is 7.99. The van der Waals surface area contributed by atoms with E-state index in [1.807, 2.05) is 0 Å². The molecule has 270 valence electrons. The van der Waals surface area contributed by atoms with Gasteiger partial charge < -0.3 is 24.9 Å². The van der Waals surface area contributed by atoms with E-state index in [0.29, 0.717) is 31.9 Å². The number of ether oxygens (including phenoxy) is 2. The number of nitrogens with one attached hydrogen (secondary N) is 2. The average molecular weight is 696 g/mol.